The van der Waals surface area contributed by atoms with Gasteiger partial charge in [0.2, 0.25) is 0 Å². The zero-order valence-electron chi connectivity index (χ0n) is 13.5. The summed E-state index contributed by atoms with van der Waals surface area (Å²) in [5.74, 6) is 0.980. The number of hydrogen-bond donors (Lipinski definition) is 1. The van der Waals surface area contributed by atoms with Gasteiger partial charge in [0.25, 0.3) is 0 Å². The van der Waals surface area contributed by atoms with E-state index >= 15 is 0 Å². The van der Waals surface area contributed by atoms with Gasteiger partial charge in [0.05, 0.1) is 0 Å². The lowest BCUT2D eigenvalue weighted by Gasteiger charge is -2.15. The molecule has 0 saturated heterocycles. The minimum absolute atomic E-state index is 0.220. The molecule has 0 saturated carbocycles. The van der Waals surface area contributed by atoms with Crippen molar-refractivity contribution >= 4 is 0 Å². The fraction of sp³-hybridized carbons (Fsp3) is 0.667. The molecule has 0 heterocycles. The summed E-state index contributed by atoms with van der Waals surface area (Å²) in [5, 5.41) is 3.45. The Hall–Kier alpha value is -1.02. The van der Waals surface area contributed by atoms with Crippen LogP contribution in [0.1, 0.15) is 58.4 Å². The van der Waals surface area contributed by atoms with Gasteiger partial charge in [0.15, 0.2) is 0 Å². The highest BCUT2D eigenvalue weighted by Gasteiger charge is 2.03. The molecule has 0 fully saturated rings. The number of rotatable bonds is 11. The molecule has 0 bridgehead atoms. The molecule has 1 unspecified atom stereocenters. The summed E-state index contributed by atoms with van der Waals surface area (Å²) in [6.45, 7) is 8.60. The average Bonchev–Trinajstić information content (AvgIpc) is 2.46. The lowest BCUT2D eigenvalue weighted by atomic mass is 10.1. The molecule has 20 heavy (non-hydrogen) atoms. The second kappa shape index (κ2) is 10.7. The highest BCUT2D eigenvalue weighted by molar-refractivity contribution is 5.27. The molecule has 2 heteroatoms. The molecule has 0 amide bonds. The molecular weight excluding hydrogens is 246 g/mol. The predicted octanol–water partition coefficient (Wildman–Crippen LogP) is 4.58. The van der Waals surface area contributed by atoms with Crippen molar-refractivity contribution in [2.45, 2.75) is 65.4 Å². The van der Waals surface area contributed by atoms with Gasteiger partial charge >= 0.3 is 0 Å². The monoisotopic (exact) mass is 277 g/mol. The topological polar surface area (TPSA) is 21.3 Å². The maximum absolute atomic E-state index is 5.92. The van der Waals surface area contributed by atoms with Crippen molar-refractivity contribution in [2.24, 2.45) is 0 Å². The van der Waals surface area contributed by atoms with Crippen LogP contribution in [0.25, 0.3) is 0 Å². The quantitative estimate of drug-likeness (QED) is 0.598. The van der Waals surface area contributed by atoms with E-state index < -0.39 is 0 Å². The fourth-order valence-corrected chi connectivity index (χ4v) is 2.19. The fourth-order valence-electron chi connectivity index (χ4n) is 2.19. The molecule has 0 aliphatic carbocycles. The Morgan fingerprint density at radius 2 is 1.70 bits per heavy atom. The Bertz CT molecular complexity index is 334. The van der Waals surface area contributed by atoms with Crippen LogP contribution >= 0.6 is 0 Å². The van der Waals surface area contributed by atoms with Crippen LogP contribution in [0.5, 0.6) is 5.75 Å². The number of aryl methyl sites for hydroxylation is 1. The predicted molar refractivity (Wildman–Crippen MR) is 87.5 cm³/mol. The smallest absolute Gasteiger partial charge is 0.119 e. The van der Waals surface area contributed by atoms with Gasteiger partial charge < -0.3 is 10.1 Å². The molecule has 0 aromatic heterocycles. The first-order chi connectivity index (χ1) is 9.76. The van der Waals surface area contributed by atoms with E-state index in [1.807, 2.05) is 0 Å². The SMILES string of the molecule is CCCCCNCC(C)Oc1ccc(CCCC)cc1. The van der Waals surface area contributed by atoms with Gasteiger partial charge in [-0.1, -0.05) is 45.2 Å². The molecule has 1 atom stereocenters. The maximum atomic E-state index is 5.92. The summed E-state index contributed by atoms with van der Waals surface area (Å²) in [4.78, 5) is 0. The van der Waals surface area contributed by atoms with E-state index in [0.717, 1.165) is 18.8 Å². The second-order valence-electron chi connectivity index (χ2n) is 5.59. The highest BCUT2D eigenvalue weighted by atomic mass is 16.5. The summed E-state index contributed by atoms with van der Waals surface area (Å²) >= 11 is 0. The molecule has 0 aliphatic rings. The van der Waals surface area contributed by atoms with E-state index in [0.29, 0.717) is 0 Å². The van der Waals surface area contributed by atoms with Crippen molar-refractivity contribution in [3.63, 3.8) is 0 Å². The third-order valence-corrected chi connectivity index (χ3v) is 3.47. The van der Waals surface area contributed by atoms with E-state index in [4.69, 9.17) is 4.74 Å². The average molecular weight is 277 g/mol. The molecule has 1 aromatic carbocycles. The normalized spacial score (nSPS) is 12.3. The van der Waals surface area contributed by atoms with Crippen molar-refractivity contribution in [3.05, 3.63) is 29.8 Å². The molecule has 0 radical (unpaired) electrons. The van der Waals surface area contributed by atoms with E-state index in [9.17, 15) is 0 Å². The van der Waals surface area contributed by atoms with Crippen molar-refractivity contribution in [1.29, 1.82) is 0 Å². The Morgan fingerprint density at radius 1 is 1.00 bits per heavy atom. The van der Waals surface area contributed by atoms with Crippen LogP contribution in [-0.4, -0.2) is 19.2 Å². The van der Waals surface area contributed by atoms with Gasteiger partial charge in [0.1, 0.15) is 11.9 Å². The summed E-state index contributed by atoms with van der Waals surface area (Å²) in [6, 6.07) is 8.57. The summed E-state index contributed by atoms with van der Waals surface area (Å²) in [6.07, 6.45) is 7.75. The molecule has 2 nitrogen and oxygen atoms in total. The van der Waals surface area contributed by atoms with Crippen LogP contribution in [0, 0.1) is 0 Å². The summed E-state index contributed by atoms with van der Waals surface area (Å²) in [7, 11) is 0. The van der Waals surface area contributed by atoms with E-state index in [2.05, 4.69) is 50.4 Å². The van der Waals surface area contributed by atoms with Crippen molar-refractivity contribution in [1.82, 2.24) is 5.32 Å². The number of benzene rings is 1. The van der Waals surface area contributed by atoms with E-state index in [1.165, 1.54) is 44.1 Å². The third-order valence-electron chi connectivity index (χ3n) is 3.47. The molecule has 1 aromatic rings. The zero-order chi connectivity index (χ0) is 14.6. The number of ether oxygens (including phenoxy) is 1. The Morgan fingerprint density at radius 3 is 2.35 bits per heavy atom. The van der Waals surface area contributed by atoms with Crippen LogP contribution in [0.3, 0.4) is 0 Å². The van der Waals surface area contributed by atoms with Gasteiger partial charge in [-0.05, 0) is 50.4 Å². The molecule has 114 valence electrons. The van der Waals surface area contributed by atoms with Crippen LogP contribution < -0.4 is 10.1 Å². The lowest BCUT2D eigenvalue weighted by molar-refractivity contribution is 0.217. The summed E-state index contributed by atoms with van der Waals surface area (Å²) < 4.78 is 5.92. The third kappa shape index (κ3) is 7.54. The molecule has 0 spiro atoms. The first-order valence-corrected chi connectivity index (χ1v) is 8.22. The lowest BCUT2D eigenvalue weighted by Crippen LogP contribution is -2.29. The minimum Gasteiger partial charge on any atom is -0.489 e. The van der Waals surface area contributed by atoms with Crippen LogP contribution in [0.2, 0.25) is 0 Å². The molecule has 1 N–H and O–H groups in total. The number of unbranched alkanes of at least 4 members (excludes halogenated alkanes) is 3. The molecule has 0 aliphatic heterocycles. The van der Waals surface area contributed by atoms with Gasteiger partial charge in [-0.3, -0.25) is 0 Å². The highest BCUT2D eigenvalue weighted by Crippen LogP contribution is 2.15. The minimum atomic E-state index is 0.220. The van der Waals surface area contributed by atoms with Crippen molar-refractivity contribution < 1.29 is 4.74 Å². The van der Waals surface area contributed by atoms with Crippen molar-refractivity contribution in [3.8, 4) is 5.75 Å². The van der Waals surface area contributed by atoms with Gasteiger partial charge in [0, 0.05) is 6.54 Å². The summed E-state index contributed by atoms with van der Waals surface area (Å²) in [5.41, 5.74) is 1.41. The molecule has 1 rings (SSSR count). The zero-order valence-corrected chi connectivity index (χ0v) is 13.5. The Labute approximate surface area is 124 Å². The van der Waals surface area contributed by atoms with Crippen molar-refractivity contribution in [2.75, 3.05) is 13.1 Å². The standard InChI is InChI=1S/C18H31NO/c1-4-6-8-14-19-15-16(3)20-18-12-10-17(11-13-18)9-7-5-2/h10-13,16,19H,4-9,14-15H2,1-3H3. The number of nitrogens with one attached hydrogen (secondary N) is 1. The maximum Gasteiger partial charge on any atom is 0.119 e. The largest absolute Gasteiger partial charge is 0.489 e. The van der Waals surface area contributed by atoms with Gasteiger partial charge in [-0.15, -0.1) is 0 Å². The first kappa shape index (κ1) is 17.0. The van der Waals surface area contributed by atoms with E-state index in [-0.39, 0.29) is 6.10 Å². The van der Waals surface area contributed by atoms with Gasteiger partial charge in [-0.2, -0.15) is 0 Å². The number of hydrogen-bond acceptors (Lipinski definition) is 2. The van der Waals surface area contributed by atoms with Crippen LogP contribution in [0.15, 0.2) is 24.3 Å². The van der Waals surface area contributed by atoms with Gasteiger partial charge in [-0.25, -0.2) is 0 Å². The Balaban J connectivity index is 2.22. The van der Waals surface area contributed by atoms with Crippen LogP contribution in [-0.2, 0) is 6.42 Å². The Kier molecular flexibility index (Phi) is 9.14. The first-order valence-electron chi connectivity index (χ1n) is 8.22. The van der Waals surface area contributed by atoms with Crippen LogP contribution in [0.4, 0.5) is 0 Å². The van der Waals surface area contributed by atoms with E-state index in [1.54, 1.807) is 0 Å². The second-order valence-corrected chi connectivity index (χ2v) is 5.59. The molecular formula is C18H31NO.